The number of halogens is 3. The second-order valence-corrected chi connectivity index (χ2v) is 8.33. The number of nitrogens with zero attached hydrogens (tertiary/aromatic N) is 3. The number of ether oxygens (including phenoxy) is 2. The fourth-order valence-electron chi connectivity index (χ4n) is 2.44. The van der Waals surface area contributed by atoms with Crippen molar-refractivity contribution in [1.29, 1.82) is 0 Å². The van der Waals surface area contributed by atoms with E-state index in [0.29, 0.717) is 6.20 Å². The van der Waals surface area contributed by atoms with Crippen molar-refractivity contribution in [3.8, 4) is 0 Å². The van der Waals surface area contributed by atoms with Gasteiger partial charge in [0.2, 0.25) is 0 Å². The Kier molecular flexibility index (Phi) is 5.55. The summed E-state index contributed by atoms with van der Waals surface area (Å²) >= 11 is 0. The van der Waals surface area contributed by atoms with Crippen LogP contribution in [-0.4, -0.2) is 39.9 Å². The van der Waals surface area contributed by atoms with Gasteiger partial charge in [-0.1, -0.05) is 0 Å². The van der Waals surface area contributed by atoms with Gasteiger partial charge in [0.25, 0.3) is 0 Å². The average Bonchev–Trinajstić information content (AvgIpc) is 2.48. The minimum absolute atomic E-state index is 0.000475. The Morgan fingerprint density at radius 3 is 2.04 bits per heavy atom. The van der Waals surface area contributed by atoms with Gasteiger partial charge in [0.1, 0.15) is 11.2 Å². The Labute approximate surface area is 161 Å². The molecule has 0 saturated heterocycles. The lowest BCUT2D eigenvalue weighted by Crippen LogP contribution is -2.56. The minimum atomic E-state index is -4.66. The van der Waals surface area contributed by atoms with Crippen LogP contribution in [0, 0.1) is 0 Å². The molecule has 0 N–H and O–H groups in total. The normalized spacial score (nSPS) is 15.2. The van der Waals surface area contributed by atoms with E-state index >= 15 is 0 Å². The molecule has 156 valence electrons. The molecule has 0 bridgehead atoms. The molecule has 28 heavy (non-hydrogen) atoms. The molecule has 1 aliphatic rings. The largest absolute Gasteiger partial charge is 0.442 e. The molecule has 2 rings (SSSR count). The number of aromatic nitrogens is 1. The van der Waals surface area contributed by atoms with Crippen LogP contribution < -0.4 is 5.01 Å². The van der Waals surface area contributed by atoms with E-state index in [-0.39, 0.29) is 24.3 Å². The molecule has 1 aromatic heterocycles. The summed E-state index contributed by atoms with van der Waals surface area (Å²) in [6, 6.07) is 0.781. The van der Waals surface area contributed by atoms with Crippen LogP contribution in [0.25, 0.3) is 0 Å². The predicted octanol–water partition coefficient (Wildman–Crippen LogP) is 4.55. The molecule has 10 heteroatoms. The van der Waals surface area contributed by atoms with Crippen LogP contribution in [0.2, 0.25) is 0 Å². The molecule has 2 heterocycles. The number of carbonyl (C=O) groups is 2. The Morgan fingerprint density at radius 1 is 1.00 bits per heavy atom. The summed E-state index contributed by atoms with van der Waals surface area (Å²) in [6.45, 7) is 9.76. The van der Waals surface area contributed by atoms with Gasteiger partial charge in [-0.3, -0.25) is 4.98 Å². The first-order valence-electron chi connectivity index (χ1n) is 8.68. The molecule has 0 spiro atoms. The van der Waals surface area contributed by atoms with Gasteiger partial charge in [0, 0.05) is 12.6 Å². The molecule has 0 atom stereocenters. The molecular weight excluding hydrogens is 379 g/mol. The highest BCUT2D eigenvalue weighted by molar-refractivity contribution is 5.92. The minimum Gasteiger partial charge on any atom is -0.442 e. The lowest BCUT2D eigenvalue weighted by molar-refractivity contribution is -0.137. The highest BCUT2D eigenvalue weighted by atomic mass is 19.4. The first kappa shape index (κ1) is 21.8. The van der Waals surface area contributed by atoms with Crippen molar-refractivity contribution in [1.82, 2.24) is 9.99 Å². The van der Waals surface area contributed by atoms with Crippen LogP contribution in [0.4, 0.5) is 28.4 Å². The maximum atomic E-state index is 13.2. The van der Waals surface area contributed by atoms with E-state index in [2.05, 4.69) is 4.98 Å². The van der Waals surface area contributed by atoms with Crippen LogP contribution >= 0.6 is 0 Å². The number of hydrazine groups is 1. The molecule has 2 amide bonds. The van der Waals surface area contributed by atoms with Crippen molar-refractivity contribution in [3.63, 3.8) is 0 Å². The summed E-state index contributed by atoms with van der Waals surface area (Å²) in [5.41, 5.74) is -2.74. The lowest BCUT2D eigenvalue weighted by atomic mass is 10.1. The molecule has 0 aromatic carbocycles. The third-order valence-corrected chi connectivity index (χ3v) is 3.48. The average molecular weight is 403 g/mol. The molecular formula is C18H24F3N3O4. The van der Waals surface area contributed by atoms with Crippen molar-refractivity contribution in [2.45, 2.75) is 65.3 Å². The van der Waals surface area contributed by atoms with E-state index in [1.54, 1.807) is 41.5 Å². The number of hydrogen-bond acceptors (Lipinski definition) is 5. The standard InChI is InChI=1S/C18H24F3N3O4/c1-16(2,3)27-14(25)23-8-7-12-13(9-11(10-22-12)18(19,20)21)24(23)15(26)28-17(4,5)6/h9-10H,7-8H2,1-6H3. The zero-order chi connectivity index (χ0) is 21.5. The third kappa shape index (κ3) is 5.26. The number of anilines is 1. The van der Waals surface area contributed by atoms with Gasteiger partial charge >= 0.3 is 18.4 Å². The molecule has 1 aliphatic heterocycles. The highest BCUT2D eigenvalue weighted by Crippen LogP contribution is 2.35. The van der Waals surface area contributed by atoms with Crippen molar-refractivity contribution in [3.05, 3.63) is 23.5 Å². The van der Waals surface area contributed by atoms with Gasteiger partial charge < -0.3 is 9.47 Å². The summed E-state index contributed by atoms with van der Waals surface area (Å²) in [5, 5.41) is 1.70. The van der Waals surface area contributed by atoms with Gasteiger partial charge in [0.05, 0.1) is 23.5 Å². The number of carbonyl (C=O) groups excluding carboxylic acids is 2. The van der Waals surface area contributed by atoms with Crippen LogP contribution in [0.5, 0.6) is 0 Å². The molecule has 0 radical (unpaired) electrons. The van der Waals surface area contributed by atoms with Gasteiger partial charge in [-0.15, -0.1) is 0 Å². The van der Waals surface area contributed by atoms with Crippen molar-refractivity contribution in [2.24, 2.45) is 0 Å². The van der Waals surface area contributed by atoms with E-state index in [9.17, 15) is 22.8 Å². The fourth-order valence-corrected chi connectivity index (χ4v) is 2.44. The Bertz CT molecular complexity index is 767. The predicted molar refractivity (Wildman–Crippen MR) is 94.6 cm³/mol. The van der Waals surface area contributed by atoms with Crippen LogP contribution in [0.1, 0.15) is 52.8 Å². The maximum absolute atomic E-state index is 13.2. The SMILES string of the molecule is CC(C)(C)OC(=O)N1CCc2ncc(C(F)(F)F)cc2N1C(=O)OC(C)(C)C. The number of fused-ring (bicyclic) bond motifs is 1. The van der Waals surface area contributed by atoms with Crippen LogP contribution in [-0.2, 0) is 22.1 Å². The lowest BCUT2D eigenvalue weighted by Gasteiger charge is -2.39. The van der Waals surface area contributed by atoms with Gasteiger partial charge in [0.15, 0.2) is 0 Å². The van der Waals surface area contributed by atoms with Gasteiger partial charge in [-0.05, 0) is 47.6 Å². The van der Waals surface area contributed by atoms with Gasteiger partial charge in [-0.25, -0.2) is 14.6 Å². The summed E-state index contributed by atoms with van der Waals surface area (Å²) < 4.78 is 50.1. The third-order valence-electron chi connectivity index (χ3n) is 3.48. The zero-order valence-corrected chi connectivity index (χ0v) is 16.7. The van der Waals surface area contributed by atoms with E-state index in [4.69, 9.17) is 9.47 Å². The number of rotatable bonds is 0. The van der Waals surface area contributed by atoms with E-state index in [1.165, 1.54) is 0 Å². The molecule has 0 unspecified atom stereocenters. The number of amides is 2. The first-order valence-corrected chi connectivity index (χ1v) is 8.68. The molecule has 0 fully saturated rings. The van der Waals surface area contributed by atoms with E-state index in [1.807, 2.05) is 0 Å². The Balaban J connectivity index is 2.52. The Morgan fingerprint density at radius 2 is 1.54 bits per heavy atom. The zero-order valence-electron chi connectivity index (χ0n) is 16.7. The molecule has 7 nitrogen and oxygen atoms in total. The molecule has 0 saturated carbocycles. The monoisotopic (exact) mass is 403 g/mol. The molecule has 1 aromatic rings. The first-order chi connectivity index (χ1) is 12.6. The van der Waals surface area contributed by atoms with E-state index in [0.717, 1.165) is 16.1 Å². The number of alkyl halides is 3. The van der Waals surface area contributed by atoms with Crippen LogP contribution in [0.3, 0.4) is 0 Å². The van der Waals surface area contributed by atoms with Crippen molar-refractivity contribution < 1.29 is 32.2 Å². The van der Waals surface area contributed by atoms with E-state index < -0.39 is 35.1 Å². The summed E-state index contributed by atoms with van der Waals surface area (Å²) in [6.07, 6.45) is -5.67. The Hall–Kier alpha value is -2.52. The quantitative estimate of drug-likeness (QED) is 0.636. The topological polar surface area (TPSA) is 72.0 Å². The van der Waals surface area contributed by atoms with Crippen molar-refractivity contribution in [2.75, 3.05) is 11.6 Å². The summed E-state index contributed by atoms with van der Waals surface area (Å²) in [7, 11) is 0. The summed E-state index contributed by atoms with van der Waals surface area (Å²) in [4.78, 5) is 29.2. The maximum Gasteiger partial charge on any atom is 0.434 e. The van der Waals surface area contributed by atoms with Crippen LogP contribution in [0.15, 0.2) is 12.3 Å². The molecule has 0 aliphatic carbocycles. The summed E-state index contributed by atoms with van der Waals surface area (Å²) in [5.74, 6) is 0. The fraction of sp³-hybridized carbons (Fsp3) is 0.611. The number of pyridine rings is 1. The van der Waals surface area contributed by atoms with Crippen molar-refractivity contribution >= 4 is 17.9 Å². The second-order valence-electron chi connectivity index (χ2n) is 8.33. The highest BCUT2D eigenvalue weighted by Gasteiger charge is 2.40. The van der Waals surface area contributed by atoms with Gasteiger partial charge in [-0.2, -0.15) is 18.2 Å². The smallest absolute Gasteiger partial charge is 0.434 e. The second kappa shape index (κ2) is 7.14. The number of hydrogen-bond donors (Lipinski definition) is 0.